The third-order valence-electron chi connectivity index (χ3n) is 5.02. The zero-order valence-electron chi connectivity index (χ0n) is 17.2. The van der Waals surface area contributed by atoms with Gasteiger partial charge in [0, 0.05) is 19.0 Å². The second kappa shape index (κ2) is 9.38. The number of imidazole rings is 1. The van der Waals surface area contributed by atoms with Gasteiger partial charge in [-0.15, -0.1) is 0 Å². The Labute approximate surface area is 179 Å². The van der Waals surface area contributed by atoms with Gasteiger partial charge < -0.3 is 14.6 Å². The summed E-state index contributed by atoms with van der Waals surface area (Å²) < 4.78 is 20.6. The standard InChI is InChI=1S/C24H23FN4O2/c1-31-21-8-3-2-6-19(21)28-23(30)10-4-9-22-27-20-7-5-15-26-24(20)29(22)16-17-11-13-18(25)14-12-17/h2-3,5-8,11-15H,4,9-10,16H2,1H3,(H,28,30). The van der Waals surface area contributed by atoms with Gasteiger partial charge in [0.25, 0.3) is 0 Å². The number of nitrogens with one attached hydrogen (secondary N) is 1. The first-order valence-corrected chi connectivity index (χ1v) is 10.1. The number of para-hydroxylation sites is 2. The van der Waals surface area contributed by atoms with E-state index in [1.165, 1.54) is 12.1 Å². The summed E-state index contributed by atoms with van der Waals surface area (Å²) in [6.07, 6.45) is 3.34. The number of aromatic nitrogens is 3. The minimum absolute atomic E-state index is 0.0798. The van der Waals surface area contributed by atoms with Gasteiger partial charge in [0.1, 0.15) is 22.9 Å². The molecule has 6 nitrogen and oxygen atoms in total. The summed E-state index contributed by atoms with van der Waals surface area (Å²) in [5.74, 6) is 1.13. The molecule has 0 fully saturated rings. The molecule has 0 bridgehead atoms. The van der Waals surface area contributed by atoms with Crippen molar-refractivity contribution in [3.8, 4) is 5.75 Å². The van der Waals surface area contributed by atoms with E-state index in [0.717, 1.165) is 22.6 Å². The molecule has 2 aromatic carbocycles. The van der Waals surface area contributed by atoms with Crippen molar-refractivity contribution in [2.24, 2.45) is 0 Å². The van der Waals surface area contributed by atoms with E-state index in [9.17, 15) is 9.18 Å². The molecule has 4 rings (SSSR count). The number of carbonyl (C=O) groups excluding carboxylic acids is 1. The van der Waals surface area contributed by atoms with Crippen LogP contribution >= 0.6 is 0 Å². The molecular formula is C24H23FN4O2. The maximum atomic E-state index is 13.3. The number of ether oxygens (including phenoxy) is 1. The van der Waals surface area contributed by atoms with E-state index in [0.29, 0.717) is 37.2 Å². The van der Waals surface area contributed by atoms with E-state index in [1.54, 1.807) is 31.5 Å². The van der Waals surface area contributed by atoms with Crippen molar-refractivity contribution < 1.29 is 13.9 Å². The number of carbonyl (C=O) groups is 1. The van der Waals surface area contributed by atoms with Crippen molar-refractivity contribution in [2.75, 3.05) is 12.4 Å². The number of halogens is 1. The van der Waals surface area contributed by atoms with Gasteiger partial charge >= 0.3 is 0 Å². The predicted molar refractivity (Wildman–Crippen MR) is 118 cm³/mol. The van der Waals surface area contributed by atoms with Crippen molar-refractivity contribution >= 4 is 22.8 Å². The Balaban J connectivity index is 1.45. The molecule has 0 aliphatic carbocycles. The van der Waals surface area contributed by atoms with Gasteiger partial charge in [0.2, 0.25) is 5.91 Å². The fraction of sp³-hybridized carbons (Fsp3) is 0.208. The van der Waals surface area contributed by atoms with E-state index in [4.69, 9.17) is 9.72 Å². The zero-order chi connectivity index (χ0) is 21.6. The number of hydrogen-bond acceptors (Lipinski definition) is 4. The van der Waals surface area contributed by atoms with Gasteiger partial charge in [-0.1, -0.05) is 24.3 Å². The van der Waals surface area contributed by atoms with Crippen molar-refractivity contribution in [3.63, 3.8) is 0 Å². The number of amides is 1. The second-order valence-corrected chi connectivity index (χ2v) is 7.19. The Kier molecular flexibility index (Phi) is 6.21. The minimum atomic E-state index is -0.265. The first-order chi connectivity index (χ1) is 15.1. The number of methoxy groups -OCH3 is 1. The average Bonchev–Trinajstić information content (AvgIpc) is 3.13. The van der Waals surface area contributed by atoms with Crippen molar-refractivity contribution in [2.45, 2.75) is 25.8 Å². The van der Waals surface area contributed by atoms with Crippen molar-refractivity contribution in [1.82, 2.24) is 14.5 Å². The number of fused-ring (bicyclic) bond motifs is 1. The first kappa shape index (κ1) is 20.5. The highest BCUT2D eigenvalue weighted by Gasteiger charge is 2.13. The number of hydrogen-bond donors (Lipinski definition) is 1. The number of benzene rings is 2. The molecule has 1 N–H and O–H groups in total. The SMILES string of the molecule is COc1ccccc1NC(=O)CCCc1nc2cccnc2n1Cc1ccc(F)cc1. The second-order valence-electron chi connectivity index (χ2n) is 7.19. The van der Waals surface area contributed by atoms with E-state index in [1.807, 2.05) is 34.9 Å². The lowest BCUT2D eigenvalue weighted by Crippen LogP contribution is -2.13. The Morgan fingerprint density at radius 1 is 1.10 bits per heavy atom. The molecule has 7 heteroatoms. The third-order valence-corrected chi connectivity index (χ3v) is 5.02. The molecule has 2 heterocycles. The molecule has 0 aliphatic heterocycles. The average molecular weight is 418 g/mol. The molecule has 0 atom stereocenters. The van der Waals surface area contributed by atoms with Gasteiger partial charge in [-0.3, -0.25) is 4.79 Å². The third kappa shape index (κ3) is 4.88. The molecule has 0 radical (unpaired) electrons. The fourth-order valence-corrected chi connectivity index (χ4v) is 3.50. The summed E-state index contributed by atoms with van der Waals surface area (Å²) >= 11 is 0. The molecule has 0 aliphatic rings. The van der Waals surface area contributed by atoms with Crippen LogP contribution in [-0.4, -0.2) is 27.6 Å². The van der Waals surface area contributed by atoms with Gasteiger partial charge in [0.15, 0.2) is 5.65 Å². The highest BCUT2D eigenvalue weighted by atomic mass is 19.1. The molecule has 31 heavy (non-hydrogen) atoms. The highest BCUT2D eigenvalue weighted by Crippen LogP contribution is 2.23. The summed E-state index contributed by atoms with van der Waals surface area (Å²) in [5, 5.41) is 2.90. The number of nitrogens with zero attached hydrogens (tertiary/aromatic N) is 3. The lowest BCUT2D eigenvalue weighted by molar-refractivity contribution is -0.116. The van der Waals surface area contributed by atoms with Crippen LogP contribution in [0.25, 0.3) is 11.2 Å². The molecule has 158 valence electrons. The van der Waals surface area contributed by atoms with Gasteiger partial charge in [-0.25, -0.2) is 14.4 Å². The molecule has 0 spiro atoms. The van der Waals surface area contributed by atoms with E-state index < -0.39 is 0 Å². The largest absolute Gasteiger partial charge is 0.495 e. The van der Waals surface area contributed by atoms with E-state index >= 15 is 0 Å². The van der Waals surface area contributed by atoms with Crippen LogP contribution < -0.4 is 10.1 Å². The van der Waals surface area contributed by atoms with Crippen molar-refractivity contribution in [1.29, 1.82) is 0 Å². The Morgan fingerprint density at radius 3 is 2.71 bits per heavy atom. The van der Waals surface area contributed by atoms with Crippen LogP contribution in [0.3, 0.4) is 0 Å². The first-order valence-electron chi connectivity index (χ1n) is 10.1. The van der Waals surface area contributed by atoms with E-state index in [2.05, 4.69) is 10.3 Å². The molecule has 0 saturated carbocycles. The predicted octanol–water partition coefficient (Wildman–Crippen LogP) is 4.59. The fourth-order valence-electron chi connectivity index (χ4n) is 3.50. The van der Waals surface area contributed by atoms with Crippen LogP contribution in [-0.2, 0) is 17.8 Å². The van der Waals surface area contributed by atoms with Gasteiger partial charge in [-0.2, -0.15) is 0 Å². The van der Waals surface area contributed by atoms with Crippen LogP contribution in [0, 0.1) is 5.82 Å². The van der Waals surface area contributed by atoms with Crippen molar-refractivity contribution in [3.05, 3.63) is 84.1 Å². The molecule has 2 aromatic heterocycles. The van der Waals surface area contributed by atoms with Crippen LogP contribution in [0.5, 0.6) is 5.75 Å². The monoisotopic (exact) mass is 418 g/mol. The summed E-state index contributed by atoms with van der Waals surface area (Å²) in [6, 6.07) is 17.5. The molecule has 0 unspecified atom stereocenters. The summed E-state index contributed by atoms with van der Waals surface area (Å²) in [4.78, 5) is 21.6. The summed E-state index contributed by atoms with van der Waals surface area (Å²) in [5.41, 5.74) is 3.20. The maximum absolute atomic E-state index is 13.3. The number of pyridine rings is 1. The van der Waals surface area contributed by atoms with E-state index in [-0.39, 0.29) is 11.7 Å². The Hall–Kier alpha value is -3.74. The summed E-state index contributed by atoms with van der Waals surface area (Å²) in [7, 11) is 1.57. The molecular weight excluding hydrogens is 395 g/mol. The van der Waals surface area contributed by atoms with Gasteiger partial charge in [0.05, 0.1) is 19.3 Å². The lowest BCUT2D eigenvalue weighted by atomic mass is 10.2. The molecule has 1 amide bonds. The topological polar surface area (TPSA) is 69.0 Å². The smallest absolute Gasteiger partial charge is 0.224 e. The Bertz CT molecular complexity index is 1190. The maximum Gasteiger partial charge on any atom is 0.224 e. The molecule has 4 aromatic rings. The zero-order valence-corrected chi connectivity index (χ0v) is 17.2. The normalized spacial score (nSPS) is 10.9. The molecule has 0 saturated heterocycles. The van der Waals surface area contributed by atoms with Crippen LogP contribution in [0.1, 0.15) is 24.2 Å². The lowest BCUT2D eigenvalue weighted by Gasteiger charge is -2.11. The van der Waals surface area contributed by atoms with Crippen LogP contribution in [0.2, 0.25) is 0 Å². The van der Waals surface area contributed by atoms with Crippen LogP contribution in [0.15, 0.2) is 66.9 Å². The highest BCUT2D eigenvalue weighted by molar-refractivity contribution is 5.92. The van der Waals surface area contributed by atoms with Crippen LogP contribution in [0.4, 0.5) is 10.1 Å². The quantitative estimate of drug-likeness (QED) is 0.454. The number of anilines is 1. The van der Waals surface area contributed by atoms with Gasteiger partial charge in [-0.05, 0) is 48.4 Å². The minimum Gasteiger partial charge on any atom is -0.495 e. The number of aryl methyl sites for hydroxylation is 1. The number of rotatable bonds is 8. The summed E-state index contributed by atoms with van der Waals surface area (Å²) in [6.45, 7) is 0.538. The Morgan fingerprint density at radius 2 is 1.90 bits per heavy atom.